The number of hydrogen-bond donors (Lipinski definition) is 2. The Morgan fingerprint density at radius 3 is 2.70 bits per heavy atom. The van der Waals surface area contributed by atoms with Crippen LogP contribution in [0.5, 0.6) is 0 Å². The highest BCUT2D eigenvalue weighted by Gasteiger charge is 2.32. The lowest BCUT2D eigenvalue weighted by atomic mass is 9.99. The number of nitrogens with zero attached hydrogens (tertiary/aromatic N) is 3. The highest BCUT2D eigenvalue weighted by molar-refractivity contribution is 8.15. The van der Waals surface area contributed by atoms with Crippen LogP contribution < -0.4 is 5.32 Å². The zero-order chi connectivity index (χ0) is 19.2. The number of carbonyl (C=O) groups excluding carboxylic acids is 1. The summed E-state index contributed by atoms with van der Waals surface area (Å²) >= 11 is 1.05. The van der Waals surface area contributed by atoms with Gasteiger partial charge >= 0.3 is 5.97 Å². The van der Waals surface area contributed by atoms with Crippen molar-refractivity contribution in [1.82, 2.24) is 5.32 Å². The second-order valence-corrected chi connectivity index (χ2v) is 6.81. The molecule has 0 aliphatic carbocycles. The number of thioether (sulfide) groups is 1. The number of amides is 1. The number of carbonyl (C=O) groups is 2. The number of rotatable bonds is 5. The zero-order valence-electron chi connectivity index (χ0n) is 14.0. The van der Waals surface area contributed by atoms with E-state index in [4.69, 9.17) is 10.4 Å². The number of hydrogen-bond acceptors (Lipinski definition) is 6. The van der Waals surface area contributed by atoms with Crippen molar-refractivity contribution < 1.29 is 14.7 Å². The van der Waals surface area contributed by atoms with Crippen molar-refractivity contribution in [3.63, 3.8) is 0 Å². The lowest BCUT2D eigenvalue weighted by Crippen LogP contribution is -2.26. The van der Waals surface area contributed by atoms with Crippen LogP contribution in [-0.4, -0.2) is 33.6 Å². The van der Waals surface area contributed by atoms with Gasteiger partial charge in [0.1, 0.15) is 5.25 Å². The van der Waals surface area contributed by atoms with E-state index in [1.165, 1.54) is 0 Å². The number of nitrogens with one attached hydrogen (secondary N) is 1. The molecule has 2 aromatic rings. The molecule has 1 unspecified atom stereocenters. The molecule has 0 aromatic heterocycles. The van der Waals surface area contributed by atoms with E-state index in [1.807, 2.05) is 36.4 Å². The number of amidine groups is 1. The van der Waals surface area contributed by atoms with Crippen LogP contribution in [0.25, 0.3) is 11.1 Å². The van der Waals surface area contributed by atoms with Crippen molar-refractivity contribution >= 4 is 35.0 Å². The van der Waals surface area contributed by atoms with Crippen molar-refractivity contribution in [1.29, 1.82) is 5.26 Å². The zero-order valence-corrected chi connectivity index (χ0v) is 14.8. The molecule has 1 heterocycles. The van der Waals surface area contributed by atoms with Gasteiger partial charge in [0.15, 0.2) is 5.17 Å². The van der Waals surface area contributed by atoms with Crippen molar-refractivity contribution in [3.05, 3.63) is 59.7 Å². The number of carboxylic acid groups (broad SMARTS) is 1. The van der Waals surface area contributed by atoms with Crippen LogP contribution in [0.15, 0.2) is 58.7 Å². The number of benzene rings is 2. The van der Waals surface area contributed by atoms with Gasteiger partial charge < -0.3 is 10.4 Å². The molecule has 0 saturated carbocycles. The molecule has 27 heavy (non-hydrogen) atoms. The first-order valence-electron chi connectivity index (χ1n) is 7.96. The molecule has 134 valence electrons. The first-order chi connectivity index (χ1) is 13.1. The highest BCUT2D eigenvalue weighted by Crippen LogP contribution is 2.24. The molecule has 7 nitrogen and oxygen atoms in total. The molecule has 2 aromatic carbocycles. The minimum atomic E-state index is -1.04. The minimum Gasteiger partial charge on any atom is -0.481 e. The molecule has 1 fully saturated rings. The van der Waals surface area contributed by atoms with Crippen LogP contribution in [0, 0.1) is 11.3 Å². The Balaban J connectivity index is 1.77. The summed E-state index contributed by atoms with van der Waals surface area (Å²) in [6.07, 6.45) is 1.30. The van der Waals surface area contributed by atoms with Gasteiger partial charge in [-0.3, -0.25) is 9.59 Å². The highest BCUT2D eigenvalue weighted by atomic mass is 32.2. The van der Waals surface area contributed by atoms with E-state index < -0.39 is 11.2 Å². The van der Waals surface area contributed by atoms with Gasteiger partial charge in [0.25, 0.3) is 0 Å². The Hall–Kier alpha value is -3.44. The summed E-state index contributed by atoms with van der Waals surface area (Å²) in [5.74, 6) is -1.42. The SMILES string of the molecule is N#Cc1ccc(-c2ccccc2C=NN=C2NC(=O)C(CC(=O)O)S2)cc1. The third-order valence-electron chi connectivity index (χ3n) is 3.77. The summed E-state index contributed by atoms with van der Waals surface area (Å²) in [7, 11) is 0. The van der Waals surface area contributed by atoms with Gasteiger partial charge in [-0.05, 0) is 23.3 Å². The maximum Gasteiger partial charge on any atom is 0.305 e. The third-order valence-corrected chi connectivity index (χ3v) is 4.84. The molecule has 0 radical (unpaired) electrons. The van der Waals surface area contributed by atoms with Crippen LogP contribution in [0.1, 0.15) is 17.5 Å². The van der Waals surface area contributed by atoms with Crippen LogP contribution in [-0.2, 0) is 9.59 Å². The first kappa shape index (κ1) is 18.4. The fourth-order valence-corrected chi connectivity index (χ4v) is 3.40. The average Bonchev–Trinajstić information content (AvgIpc) is 3.01. The maximum atomic E-state index is 11.7. The standard InChI is InChI=1S/C19H14N4O3S/c20-10-12-5-7-13(8-6-12)15-4-2-1-3-14(15)11-21-23-19-22-18(26)16(27-19)9-17(24)25/h1-8,11,16H,9H2,(H,24,25)(H,22,23,26). The summed E-state index contributed by atoms with van der Waals surface area (Å²) in [6, 6.07) is 16.9. The summed E-state index contributed by atoms with van der Waals surface area (Å²) in [5, 5.41) is 27.8. The Labute approximate surface area is 159 Å². The fraction of sp³-hybridized carbons (Fsp3) is 0.105. The number of aliphatic carboxylic acids is 1. The maximum absolute atomic E-state index is 11.7. The Morgan fingerprint density at radius 1 is 1.26 bits per heavy atom. The van der Waals surface area contributed by atoms with Crippen molar-refractivity contribution in [3.8, 4) is 17.2 Å². The Kier molecular flexibility index (Phi) is 5.64. The van der Waals surface area contributed by atoms with Crippen molar-refractivity contribution in [2.45, 2.75) is 11.7 Å². The molecule has 2 N–H and O–H groups in total. The molecule has 8 heteroatoms. The van der Waals surface area contributed by atoms with Crippen LogP contribution in [0.4, 0.5) is 0 Å². The normalized spacial score (nSPS) is 17.8. The van der Waals surface area contributed by atoms with Gasteiger partial charge in [-0.1, -0.05) is 48.2 Å². The summed E-state index contributed by atoms with van der Waals surface area (Å²) in [5.41, 5.74) is 3.27. The smallest absolute Gasteiger partial charge is 0.305 e. The molecule has 3 rings (SSSR count). The second-order valence-electron chi connectivity index (χ2n) is 5.62. The second kappa shape index (κ2) is 8.29. The van der Waals surface area contributed by atoms with Gasteiger partial charge in [0.05, 0.1) is 24.3 Å². The predicted octanol–water partition coefficient (Wildman–Crippen LogP) is 2.62. The minimum absolute atomic E-state index is 0.263. The largest absolute Gasteiger partial charge is 0.481 e. The third kappa shape index (κ3) is 4.59. The Morgan fingerprint density at radius 2 is 2.00 bits per heavy atom. The molecular formula is C19H14N4O3S. The molecule has 1 aliphatic heterocycles. The molecule has 1 atom stereocenters. The van der Waals surface area contributed by atoms with E-state index in [-0.39, 0.29) is 17.5 Å². The quantitative estimate of drug-likeness (QED) is 0.613. The van der Waals surface area contributed by atoms with E-state index in [9.17, 15) is 9.59 Å². The lowest BCUT2D eigenvalue weighted by Gasteiger charge is -2.05. The molecule has 0 bridgehead atoms. The predicted molar refractivity (Wildman–Crippen MR) is 103 cm³/mol. The molecule has 1 saturated heterocycles. The molecule has 0 spiro atoms. The van der Waals surface area contributed by atoms with Crippen molar-refractivity contribution in [2.75, 3.05) is 0 Å². The van der Waals surface area contributed by atoms with Crippen LogP contribution in [0.3, 0.4) is 0 Å². The first-order valence-corrected chi connectivity index (χ1v) is 8.84. The van der Waals surface area contributed by atoms with E-state index in [0.717, 1.165) is 28.5 Å². The topological polar surface area (TPSA) is 115 Å². The van der Waals surface area contributed by atoms with E-state index >= 15 is 0 Å². The van der Waals surface area contributed by atoms with Crippen LogP contribution >= 0.6 is 11.8 Å². The average molecular weight is 378 g/mol. The van der Waals surface area contributed by atoms with Gasteiger partial charge in [-0.15, -0.1) is 5.10 Å². The van der Waals surface area contributed by atoms with Gasteiger partial charge in [0, 0.05) is 5.56 Å². The number of carboxylic acids is 1. The van der Waals surface area contributed by atoms with E-state index in [2.05, 4.69) is 21.6 Å². The van der Waals surface area contributed by atoms with Gasteiger partial charge in [-0.25, -0.2) is 0 Å². The summed E-state index contributed by atoms with van der Waals surface area (Å²) in [4.78, 5) is 22.4. The van der Waals surface area contributed by atoms with Crippen LogP contribution in [0.2, 0.25) is 0 Å². The van der Waals surface area contributed by atoms with E-state index in [1.54, 1.807) is 18.3 Å². The van der Waals surface area contributed by atoms with Crippen molar-refractivity contribution in [2.24, 2.45) is 10.2 Å². The van der Waals surface area contributed by atoms with E-state index in [0.29, 0.717) is 5.56 Å². The fourth-order valence-electron chi connectivity index (χ4n) is 2.49. The van der Waals surface area contributed by atoms with Gasteiger partial charge in [0.2, 0.25) is 5.91 Å². The monoisotopic (exact) mass is 378 g/mol. The molecule has 1 amide bonds. The summed E-state index contributed by atoms with van der Waals surface area (Å²) in [6.45, 7) is 0. The Bertz CT molecular complexity index is 977. The lowest BCUT2D eigenvalue weighted by molar-refractivity contribution is -0.138. The molecule has 1 aliphatic rings. The molecular weight excluding hydrogens is 364 g/mol. The summed E-state index contributed by atoms with van der Waals surface area (Å²) < 4.78 is 0. The van der Waals surface area contributed by atoms with Gasteiger partial charge in [-0.2, -0.15) is 10.4 Å². The number of nitriles is 1.